The lowest BCUT2D eigenvalue weighted by Crippen LogP contribution is -2.41. The summed E-state index contributed by atoms with van der Waals surface area (Å²) in [5.41, 5.74) is -0.325. The van der Waals surface area contributed by atoms with Crippen LogP contribution < -0.4 is 9.67 Å². The quantitative estimate of drug-likeness (QED) is 0.346. The van der Waals surface area contributed by atoms with Crippen LogP contribution in [0.1, 0.15) is 26.6 Å². The zero-order valence-corrected chi connectivity index (χ0v) is 9.40. The van der Waals surface area contributed by atoms with E-state index in [1.807, 2.05) is 47.3 Å². The van der Waals surface area contributed by atoms with Gasteiger partial charge < -0.3 is 5.11 Å². The van der Waals surface area contributed by atoms with Crippen LogP contribution in [-0.2, 0) is 14.1 Å². The Morgan fingerprint density at radius 3 is 2.43 bits per heavy atom. The molecule has 1 aromatic rings. The summed E-state index contributed by atoms with van der Waals surface area (Å²) in [5, 5.41) is 11.8. The molecule has 0 amide bonds. The molecule has 0 radical (unpaired) electrons. The molecule has 0 spiro atoms. The lowest BCUT2D eigenvalue weighted by atomic mass is 10.1. The molecule has 1 aromatic heterocycles. The Labute approximate surface area is 84.5 Å². The molecule has 4 nitrogen and oxygen atoms in total. The van der Waals surface area contributed by atoms with Crippen LogP contribution in [0, 0.1) is 0 Å². The minimum Gasteiger partial charge on any atom is -0.853 e. The zero-order chi connectivity index (χ0) is 10.9. The van der Waals surface area contributed by atoms with E-state index in [0.29, 0.717) is 5.82 Å². The Hall–Kier alpha value is -1.32. The average molecular weight is 195 g/mol. The maximum Gasteiger partial charge on any atom is 0.291 e. The van der Waals surface area contributed by atoms with Gasteiger partial charge in [-0.15, -0.1) is 0 Å². The van der Waals surface area contributed by atoms with Crippen molar-refractivity contribution in [2.24, 2.45) is 19.1 Å². The van der Waals surface area contributed by atoms with Crippen molar-refractivity contribution >= 4 is 5.90 Å². The molecule has 0 saturated heterocycles. The Morgan fingerprint density at radius 1 is 1.50 bits per heavy atom. The van der Waals surface area contributed by atoms with Gasteiger partial charge in [0.25, 0.3) is 5.82 Å². The summed E-state index contributed by atoms with van der Waals surface area (Å²) in [5.74, 6) is 0.424. The van der Waals surface area contributed by atoms with E-state index < -0.39 is 0 Å². The molecule has 0 N–H and O–H groups in total. The molecule has 0 saturated carbocycles. The third kappa shape index (κ3) is 2.34. The third-order valence-electron chi connectivity index (χ3n) is 1.81. The molecule has 0 atom stereocenters. The summed E-state index contributed by atoms with van der Waals surface area (Å²) < 4.78 is 3.55. The highest BCUT2D eigenvalue weighted by Crippen LogP contribution is 2.07. The average Bonchev–Trinajstić information content (AvgIpc) is 2.27. The SMILES string of the molecule is Cn1cc[n+](C)c1C([O-])=NC(C)(C)C. The van der Waals surface area contributed by atoms with Crippen molar-refractivity contribution < 1.29 is 9.67 Å². The van der Waals surface area contributed by atoms with Gasteiger partial charge in [0, 0.05) is 0 Å². The summed E-state index contributed by atoms with van der Waals surface area (Å²) in [6.45, 7) is 5.73. The highest BCUT2D eigenvalue weighted by molar-refractivity contribution is 5.85. The monoisotopic (exact) mass is 195 g/mol. The molecular weight excluding hydrogens is 178 g/mol. The molecule has 14 heavy (non-hydrogen) atoms. The van der Waals surface area contributed by atoms with Gasteiger partial charge in [0.2, 0.25) is 0 Å². The maximum atomic E-state index is 11.8. The number of hydrogen-bond donors (Lipinski definition) is 0. The molecule has 78 valence electrons. The molecule has 0 aliphatic rings. The second-order valence-electron chi connectivity index (χ2n) is 4.43. The molecule has 1 heterocycles. The van der Waals surface area contributed by atoms with Crippen molar-refractivity contribution in [2.45, 2.75) is 26.3 Å². The molecule has 0 fully saturated rings. The van der Waals surface area contributed by atoms with Crippen molar-refractivity contribution in [3.63, 3.8) is 0 Å². The molecule has 0 unspecified atom stereocenters. The fourth-order valence-electron chi connectivity index (χ4n) is 1.25. The van der Waals surface area contributed by atoms with E-state index in [1.54, 1.807) is 9.13 Å². The lowest BCUT2D eigenvalue weighted by Gasteiger charge is -2.17. The molecule has 4 heteroatoms. The van der Waals surface area contributed by atoms with E-state index in [-0.39, 0.29) is 11.4 Å². The van der Waals surface area contributed by atoms with Crippen LogP contribution in [0.3, 0.4) is 0 Å². The molecule has 0 aromatic carbocycles. The van der Waals surface area contributed by atoms with Crippen LogP contribution in [0.4, 0.5) is 0 Å². The van der Waals surface area contributed by atoms with Crippen molar-refractivity contribution in [2.75, 3.05) is 0 Å². The Bertz CT molecular complexity index is 338. The maximum absolute atomic E-state index is 11.8. The standard InChI is InChI=1S/C10H17N3O/c1-10(2,3)11-8(14)9-12(4)6-7-13(9)5/h6-7H,1-5H3. The number of nitrogens with zero attached hydrogens (tertiary/aromatic N) is 3. The molecule has 0 aliphatic carbocycles. The van der Waals surface area contributed by atoms with Crippen molar-refractivity contribution in [1.29, 1.82) is 0 Å². The van der Waals surface area contributed by atoms with Crippen molar-refractivity contribution in [3.8, 4) is 0 Å². The highest BCUT2D eigenvalue weighted by Gasteiger charge is 2.14. The number of hydrogen-bond acceptors (Lipinski definition) is 2. The van der Waals surface area contributed by atoms with Crippen LogP contribution in [0.5, 0.6) is 0 Å². The van der Waals surface area contributed by atoms with Gasteiger partial charge in [-0.3, -0.25) is 4.99 Å². The van der Waals surface area contributed by atoms with Gasteiger partial charge in [-0.25, -0.2) is 9.13 Å². The molecule has 0 aliphatic heterocycles. The highest BCUT2D eigenvalue weighted by atomic mass is 16.3. The largest absolute Gasteiger partial charge is 0.853 e. The third-order valence-corrected chi connectivity index (χ3v) is 1.81. The van der Waals surface area contributed by atoms with Gasteiger partial charge in [0.1, 0.15) is 12.4 Å². The second kappa shape index (κ2) is 3.44. The van der Waals surface area contributed by atoms with E-state index in [9.17, 15) is 5.11 Å². The molecule has 0 bridgehead atoms. The first kappa shape index (κ1) is 10.8. The van der Waals surface area contributed by atoms with E-state index in [2.05, 4.69) is 4.99 Å². The number of rotatable bonds is 1. The Balaban J connectivity index is 3.12. The minimum atomic E-state index is -0.325. The Morgan fingerprint density at radius 2 is 2.07 bits per heavy atom. The van der Waals surface area contributed by atoms with Crippen LogP contribution in [0.15, 0.2) is 17.4 Å². The van der Waals surface area contributed by atoms with E-state index in [4.69, 9.17) is 0 Å². The summed E-state index contributed by atoms with van der Waals surface area (Å²) >= 11 is 0. The van der Waals surface area contributed by atoms with Gasteiger partial charge in [0.15, 0.2) is 0 Å². The number of aryl methyl sites for hydroxylation is 2. The smallest absolute Gasteiger partial charge is 0.291 e. The first-order chi connectivity index (χ1) is 6.31. The van der Waals surface area contributed by atoms with E-state index in [1.165, 1.54) is 0 Å². The number of aromatic nitrogens is 2. The lowest BCUT2D eigenvalue weighted by molar-refractivity contribution is -0.674. The fraction of sp³-hybridized carbons (Fsp3) is 0.600. The van der Waals surface area contributed by atoms with Gasteiger partial charge in [-0.2, -0.15) is 0 Å². The van der Waals surface area contributed by atoms with Crippen LogP contribution >= 0.6 is 0 Å². The van der Waals surface area contributed by atoms with Crippen LogP contribution in [0.2, 0.25) is 0 Å². The number of imidazole rings is 1. The topological polar surface area (TPSA) is 44.2 Å². The van der Waals surface area contributed by atoms with E-state index in [0.717, 1.165) is 0 Å². The van der Waals surface area contributed by atoms with E-state index >= 15 is 0 Å². The van der Waals surface area contributed by atoms with Gasteiger partial charge in [-0.1, -0.05) is 0 Å². The fourth-order valence-corrected chi connectivity index (χ4v) is 1.25. The van der Waals surface area contributed by atoms with Crippen molar-refractivity contribution in [1.82, 2.24) is 4.57 Å². The predicted octanol–water partition coefficient (Wildman–Crippen LogP) is -0.245. The first-order valence-corrected chi connectivity index (χ1v) is 4.59. The Kier molecular flexibility index (Phi) is 2.64. The zero-order valence-electron chi connectivity index (χ0n) is 9.40. The minimum absolute atomic E-state index is 0.174. The summed E-state index contributed by atoms with van der Waals surface area (Å²) in [7, 11) is 3.68. The molecular formula is C10H17N3O. The summed E-state index contributed by atoms with van der Waals surface area (Å²) in [6.07, 6.45) is 3.68. The normalized spacial score (nSPS) is 13.4. The van der Waals surface area contributed by atoms with Crippen molar-refractivity contribution in [3.05, 3.63) is 18.2 Å². The van der Waals surface area contributed by atoms with Gasteiger partial charge in [-0.05, 0) is 20.8 Å². The summed E-state index contributed by atoms with van der Waals surface area (Å²) in [6, 6.07) is 0. The predicted molar refractivity (Wildman–Crippen MR) is 52.9 cm³/mol. The number of aliphatic imine (C=N–C) groups is 1. The molecule has 1 rings (SSSR count). The summed E-state index contributed by atoms with van der Waals surface area (Å²) in [4.78, 5) is 4.09. The van der Waals surface area contributed by atoms with Crippen LogP contribution in [-0.4, -0.2) is 16.0 Å². The van der Waals surface area contributed by atoms with Crippen LogP contribution in [0.25, 0.3) is 0 Å². The van der Waals surface area contributed by atoms with Gasteiger partial charge >= 0.3 is 0 Å². The second-order valence-corrected chi connectivity index (χ2v) is 4.43. The van der Waals surface area contributed by atoms with Gasteiger partial charge in [0.05, 0.1) is 25.5 Å². The first-order valence-electron chi connectivity index (χ1n) is 4.59.